The van der Waals surface area contributed by atoms with Gasteiger partial charge in [-0.1, -0.05) is 0 Å². The van der Waals surface area contributed by atoms with E-state index in [2.05, 4.69) is 10.3 Å². The van der Waals surface area contributed by atoms with E-state index in [0.29, 0.717) is 5.56 Å². The molecule has 0 unspecified atom stereocenters. The van der Waals surface area contributed by atoms with Gasteiger partial charge in [0.15, 0.2) is 0 Å². The molecule has 0 aliphatic heterocycles. The van der Waals surface area contributed by atoms with Gasteiger partial charge < -0.3 is 14.9 Å². The van der Waals surface area contributed by atoms with Gasteiger partial charge in [0, 0.05) is 6.20 Å². The number of methoxy groups -OCH3 is 1. The van der Waals surface area contributed by atoms with E-state index in [4.69, 9.17) is 14.9 Å². The van der Waals surface area contributed by atoms with Gasteiger partial charge in [-0.25, -0.2) is 9.78 Å². The fraction of sp³-hybridized carbons (Fsp3) is 0.222. The first-order valence-electron chi connectivity index (χ1n) is 4.28. The second-order valence-corrected chi connectivity index (χ2v) is 2.86. The highest BCUT2D eigenvalue weighted by molar-refractivity contribution is 5.87. The maximum absolute atomic E-state index is 10.6. The minimum absolute atomic E-state index is 0.0427. The number of ether oxygens (including phenoxy) is 1. The summed E-state index contributed by atoms with van der Waals surface area (Å²) in [6.45, 7) is 0. The second kappa shape index (κ2) is 4.96. The van der Waals surface area contributed by atoms with Crippen molar-refractivity contribution in [3.63, 3.8) is 0 Å². The Morgan fingerprint density at radius 2 is 2.19 bits per heavy atom. The first kappa shape index (κ1) is 11.8. The van der Waals surface area contributed by atoms with Gasteiger partial charge in [0.1, 0.15) is 5.69 Å². The first-order chi connectivity index (χ1) is 7.54. The number of hydrogen-bond donors (Lipinski definition) is 3. The van der Waals surface area contributed by atoms with Crippen LogP contribution in [0.15, 0.2) is 12.3 Å². The van der Waals surface area contributed by atoms with Gasteiger partial charge in [0.25, 0.3) is 0 Å². The fourth-order valence-electron chi connectivity index (χ4n) is 1.19. The normalized spacial score (nSPS) is 9.56. The zero-order valence-electron chi connectivity index (χ0n) is 8.43. The van der Waals surface area contributed by atoms with E-state index >= 15 is 0 Å². The molecule has 1 aromatic rings. The lowest BCUT2D eigenvalue weighted by atomic mass is 10.1. The fourth-order valence-corrected chi connectivity index (χ4v) is 1.19. The van der Waals surface area contributed by atoms with E-state index in [1.165, 1.54) is 19.4 Å². The maximum atomic E-state index is 10.6. The molecular weight excluding hydrogens is 216 g/mol. The molecule has 7 heteroatoms. The van der Waals surface area contributed by atoms with Gasteiger partial charge in [-0.15, -0.1) is 0 Å². The highest BCUT2D eigenvalue weighted by atomic mass is 16.5. The van der Waals surface area contributed by atoms with Crippen molar-refractivity contribution in [1.82, 2.24) is 4.98 Å². The standard InChI is InChI=1S/C9H10N2O5/c1-16-8-7(11-9(14)15)5(2-3-10-8)4-6(12)13/h2-3,11H,4H2,1H3,(H,12,13)(H,14,15). The van der Waals surface area contributed by atoms with Crippen LogP contribution in [0.2, 0.25) is 0 Å². The Kier molecular flexibility index (Phi) is 3.65. The number of hydrogen-bond acceptors (Lipinski definition) is 4. The summed E-state index contributed by atoms with van der Waals surface area (Å²) in [5, 5.41) is 19.3. The van der Waals surface area contributed by atoms with Crippen LogP contribution in [0.5, 0.6) is 5.88 Å². The van der Waals surface area contributed by atoms with E-state index in [-0.39, 0.29) is 18.0 Å². The van der Waals surface area contributed by atoms with E-state index < -0.39 is 12.1 Å². The molecule has 16 heavy (non-hydrogen) atoms. The number of carboxylic acids is 1. The number of nitrogens with one attached hydrogen (secondary N) is 1. The Morgan fingerprint density at radius 1 is 1.50 bits per heavy atom. The van der Waals surface area contributed by atoms with Crippen molar-refractivity contribution >= 4 is 17.7 Å². The summed E-state index contributed by atoms with van der Waals surface area (Å²) >= 11 is 0. The lowest BCUT2D eigenvalue weighted by Crippen LogP contribution is -2.13. The number of nitrogens with zero attached hydrogens (tertiary/aromatic N) is 1. The number of rotatable bonds is 4. The van der Waals surface area contributed by atoms with Crippen molar-refractivity contribution in [2.75, 3.05) is 12.4 Å². The van der Waals surface area contributed by atoms with Crippen molar-refractivity contribution < 1.29 is 24.5 Å². The molecule has 0 aromatic carbocycles. The van der Waals surface area contributed by atoms with Gasteiger partial charge in [-0.3, -0.25) is 10.1 Å². The minimum atomic E-state index is -1.31. The number of amides is 1. The van der Waals surface area contributed by atoms with Crippen LogP contribution >= 0.6 is 0 Å². The number of aliphatic carboxylic acids is 1. The molecule has 0 aliphatic rings. The van der Waals surface area contributed by atoms with Crippen LogP contribution in [0.25, 0.3) is 0 Å². The van der Waals surface area contributed by atoms with Crippen LogP contribution in [0.4, 0.5) is 10.5 Å². The molecule has 0 radical (unpaired) electrons. The number of anilines is 1. The third-order valence-electron chi connectivity index (χ3n) is 1.77. The Bertz CT molecular complexity index is 418. The average Bonchev–Trinajstić information content (AvgIpc) is 2.19. The van der Waals surface area contributed by atoms with Crippen molar-refractivity contribution in [1.29, 1.82) is 0 Å². The Hall–Kier alpha value is -2.31. The number of aromatic nitrogens is 1. The molecule has 0 spiro atoms. The zero-order valence-corrected chi connectivity index (χ0v) is 8.43. The van der Waals surface area contributed by atoms with Gasteiger partial charge in [0.05, 0.1) is 13.5 Å². The Morgan fingerprint density at radius 3 is 2.69 bits per heavy atom. The molecule has 0 aliphatic carbocycles. The van der Waals surface area contributed by atoms with E-state index in [9.17, 15) is 9.59 Å². The third kappa shape index (κ3) is 2.84. The smallest absolute Gasteiger partial charge is 0.409 e. The highest BCUT2D eigenvalue weighted by Crippen LogP contribution is 2.26. The van der Waals surface area contributed by atoms with Gasteiger partial charge in [0.2, 0.25) is 5.88 Å². The zero-order chi connectivity index (χ0) is 12.1. The number of pyridine rings is 1. The largest absolute Gasteiger partial charge is 0.481 e. The summed E-state index contributed by atoms with van der Waals surface area (Å²) in [5.41, 5.74) is 0.349. The lowest BCUT2D eigenvalue weighted by molar-refractivity contribution is -0.136. The van der Waals surface area contributed by atoms with Crippen LogP contribution < -0.4 is 10.1 Å². The lowest BCUT2D eigenvalue weighted by Gasteiger charge is -2.10. The average molecular weight is 226 g/mol. The summed E-state index contributed by atoms with van der Waals surface area (Å²) in [6, 6.07) is 1.42. The maximum Gasteiger partial charge on any atom is 0.409 e. The monoisotopic (exact) mass is 226 g/mol. The third-order valence-corrected chi connectivity index (χ3v) is 1.77. The quantitative estimate of drug-likeness (QED) is 0.700. The van der Waals surface area contributed by atoms with E-state index in [1.807, 2.05) is 0 Å². The predicted molar refractivity (Wildman–Crippen MR) is 53.8 cm³/mol. The number of carboxylic acid groups (broad SMARTS) is 2. The molecular formula is C9H10N2O5. The minimum Gasteiger partial charge on any atom is -0.481 e. The molecule has 3 N–H and O–H groups in total. The Labute approximate surface area is 90.7 Å². The predicted octanol–water partition coefficient (Wildman–Crippen LogP) is 0.807. The molecule has 0 saturated carbocycles. The molecule has 1 amide bonds. The molecule has 7 nitrogen and oxygen atoms in total. The highest BCUT2D eigenvalue weighted by Gasteiger charge is 2.14. The van der Waals surface area contributed by atoms with Crippen LogP contribution in [0, 0.1) is 0 Å². The van der Waals surface area contributed by atoms with Gasteiger partial charge in [-0.05, 0) is 11.6 Å². The van der Waals surface area contributed by atoms with Gasteiger partial charge in [-0.2, -0.15) is 0 Å². The number of carbonyl (C=O) groups is 2. The molecule has 0 atom stereocenters. The summed E-state index contributed by atoms with van der Waals surface area (Å²) in [7, 11) is 1.32. The van der Waals surface area contributed by atoms with Crippen LogP contribution in [0.3, 0.4) is 0 Å². The summed E-state index contributed by atoms with van der Waals surface area (Å²) < 4.78 is 4.84. The van der Waals surface area contributed by atoms with E-state index in [1.54, 1.807) is 0 Å². The van der Waals surface area contributed by atoms with Gasteiger partial charge >= 0.3 is 12.1 Å². The molecule has 1 heterocycles. The molecule has 0 fully saturated rings. The summed E-state index contributed by atoms with van der Waals surface area (Å²) in [6.07, 6.45) is -0.267. The molecule has 0 bridgehead atoms. The SMILES string of the molecule is COc1nccc(CC(=O)O)c1NC(=O)O. The second-order valence-electron chi connectivity index (χ2n) is 2.86. The van der Waals surface area contributed by atoms with Crippen molar-refractivity contribution in [3.8, 4) is 5.88 Å². The van der Waals surface area contributed by atoms with Crippen LogP contribution in [-0.4, -0.2) is 34.4 Å². The first-order valence-corrected chi connectivity index (χ1v) is 4.28. The molecule has 0 saturated heterocycles. The van der Waals surface area contributed by atoms with Crippen molar-refractivity contribution in [3.05, 3.63) is 17.8 Å². The van der Waals surface area contributed by atoms with Crippen LogP contribution in [0.1, 0.15) is 5.56 Å². The molecule has 86 valence electrons. The van der Waals surface area contributed by atoms with Crippen molar-refractivity contribution in [2.45, 2.75) is 6.42 Å². The molecule has 1 rings (SSSR count). The summed E-state index contributed by atoms with van der Waals surface area (Å²) in [5.74, 6) is -1.03. The summed E-state index contributed by atoms with van der Waals surface area (Å²) in [4.78, 5) is 24.9. The topological polar surface area (TPSA) is 109 Å². The van der Waals surface area contributed by atoms with Crippen LogP contribution in [-0.2, 0) is 11.2 Å². The van der Waals surface area contributed by atoms with E-state index in [0.717, 1.165) is 0 Å². The Balaban J connectivity index is 3.14. The van der Waals surface area contributed by atoms with Crippen molar-refractivity contribution in [2.24, 2.45) is 0 Å². The molecule has 1 aromatic heterocycles.